The van der Waals surface area contributed by atoms with E-state index < -0.39 is 0 Å². The van der Waals surface area contributed by atoms with Crippen molar-refractivity contribution in [1.29, 1.82) is 0 Å². The molecular formula is C15H20N4O. The largest absolute Gasteiger partial charge is 0.493 e. The molecule has 5 heteroatoms. The van der Waals surface area contributed by atoms with Crippen molar-refractivity contribution in [3.8, 4) is 5.75 Å². The van der Waals surface area contributed by atoms with Crippen molar-refractivity contribution >= 4 is 11.8 Å². The van der Waals surface area contributed by atoms with Gasteiger partial charge in [0.15, 0.2) is 0 Å². The Hall–Kier alpha value is -2.30. The van der Waals surface area contributed by atoms with Crippen molar-refractivity contribution in [3.63, 3.8) is 0 Å². The van der Waals surface area contributed by atoms with E-state index in [1.807, 2.05) is 38.1 Å². The highest BCUT2D eigenvalue weighted by atomic mass is 16.5. The van der Waals surface area contributed by atoms with Gasteiger partial charge in [-0.3, -0.25) is 0 Å². The lowest BCUT2D eigenvalue weighted by Gasteiger charge is -2.11. The van der Waals surface area contributed by atoms with E-state index in [0.717, 1.165) is 35.4 Å². The molecule has 0 saturated heterocycles. The third-order valence-electron chi connectivity index (χ3n) is 3.19. The molecule has 4 N–H and O–H groups in total. The summed E-state index contributed by atoms with van der Waals surface area (Å²) in [6.45, 7) is 4.56. The fourth-order valence-electron chi connectivity index (χ4n) is 2.10. The lowest BCUT2D eigenvalue weighted by atomic mass is 10.1. The molecule has 0 aliphatic heterocycles. The van der Waals surface area contributed by atoms with Crippen LogP contribution >= 0.6 is 0 Å². The van der Waals surface area contributed by atoms with Crippen LogP contribution in [0.15, 0.2) is 24.3 Å². The number of hydrogen-bond donors (Lipinski definition) is 2. The SMILES string of the molecule is Cc1ccccc1OCCCc1c(C)nc(N)nc1N. The van der Waals surface area contributed by atoms with Crippen LogP contribution in [-0.4, -0.2) is 16.6 Å². The molecule has 0 saturated carbocycles. The van der Waals surface area contributed by atoms with Gasteiger partial charge in [-0.05, 0) is 38.3 Å². The molecule has 0 bridgehead atoms. The number of anilines is 2. The van der Waals surface area contributed by atoms with Gasteiger partial charge in [0, 0.05) is 11.3 Å². The Morgan fingerprint density at radius 3 is 2.55 bits per heavy atom. The van der Waals surface area contributed by atoms with Crippen molar-refractivity contribution in [2.75, 3.05) is 18.1 Å². The Kier molecular flexibility index (Phi) is 4.40. The molecule has 0 unspecified atom stereocenters. The maximum atomic E-state index is 5.87. The second-order valence-corrected chi connectivity index (χ2v) is 4.75. The van der Waals surface area contributed by atoms with Gasteiger partial charge in [-0.2, -0.15) is 4.98 Å². The van der Waals surface area contributed by atoms with Gasteiger partial charge in [-0.1, -0.05) is 18.2 Å². The third kappa shape index (κ3) is 3.38. The van der Waals surface area contributed by atoms with Crippen LogP contribution in [0.1, 0.15) is 23.2 Å². The minimum Gasteiger partial charge on any atom is -0.493 e. The molecule has 5 nitrogen and oxygen atoms in total. The average Bonchev–Trinajstić information content (AvgIpc) is 2.38. The molecular weight excluding hydrogens is 252 g/mol. The summed E-state index contributed by atoms with van der Waals surface area (Å²) in [6, 6.07) is 7.98. The second kappa shape index (κ2) is 6.23. The summed E-state index contributed by atoms with van der Waals surface area (Å²) in [7, 11) is 0. The third-order valence-corrected chi connectivity index (χ3v) is 3.19. The Labute approximate surface area is 119 Å². The lowest BCUT2D eigenvalue weighted by Crippen LogP contribution is -2.08. The van der Waals surface area contributed by atoms with Gasteiger partial charge < -0.3 is 16.2 Å². The Morgan fingerprint density at radius 1 is 1.10 bits per heavy atom. The number of nitrogens with zero attached hydrogens (tertiary/aromatic N) is 2. The fourth-order valence-corrected chi connectivity index (χ4v) is 2.10. The first-order valence-electron chi connectivity index (χ1n) is 6.65. The number of benzene rings is 1. The van der Waals surface area contributed by atoms with Crippen LogP contribution in [0.4, 0.5) is 11.8 Å². The molecule has 1 heterocycles. The number of hydrogen-bond acceptors (Lipinski definition) is 5. The zero-order valence-electron chi connectivity index (χ0n) is 11.9. The van der Waals surface area contributed by atoms with Crippen LogP contribution in [0.3, 0.4) is 0 Å². The summed E-state index contributed by atoms with van der Waals surface area (Å²) in [5.74, 6) is 1.61. The molecule has 2 aromatic rings. The molecule has 0 aliphatic rings. The van der Waals surface area contributed by atoms with E-state index in [2.05, 4.69) is 9.97 Å². The number of nitrogens with two attached hydrogens (primary N) is 2. The minimum atomic E-state index is 0.222. The number of para-hydroxylation sites is 1. The first-order chi connectivity index (χ1) is 9.58. The summed E-state index contributed by atoms with van der Waals surface area (Å²) in [5, 5.41) is 0. The van der Waals surface area contributed by atoms with Gasteiger partial charge in [0.1, 0.15) is 11.6 Å². The summed E-state index contributed by atoms with van der Waals surface area (Å²) >= 11 is 0. The smallest absolute Gasteiger partial charge is 0.222 e. The lowest BCUT2D eigenvalue weighted by molar-refractivity contribution is 0.309. The molecule has 1 aromatic carbocycles. The number of aromatic nitrogens is 2. The van der Waals surface area contributed by atoms with E-state index in [-0.39, 0.29) is 5.95 Å². The molecule has 0 radical (unpaired) electrons. The van der Waals surface area contributed by atoms with Gasteiger partial charge in [0.2, 0.25) is 5.95 Å². The van der Waals surface area contributed by atoms with Crippen LogP contribution in [0.5, 0.6) is 5.75 Å². The van der Waals surface area contributed by atoms with Crippen LogP contribution in [0, 0.1) is 13.8 Å². The maximum Gasteiger partial charge on any atom is 0.222 e. The average molecular weight is 272 g/mol. The van der Waals surface area contributed by atoms with Gasteiger partial charge in [-0.25, -0.2) is 4.98 Å². The first kappa shape index (κ1) is 14.1. The molecule has 0 amide bonds. The van der Waals surface area contributed by atoms with Crippen molar-refractivity contribution in [3.05, 3.63) is 41.1 Å². The summed E-state index contributed by atoms with van der Waals surface area (Å²) in [6.07, 6.45) is 1.64. The van der Waals surface area contributed by atoms with E-state index in [1.165, 1.54) is 0 Å². The Bertz CT molecular complexity index is 575. The fraction of sp³-hybridized carbons (Fsp3) is 0.333. The highest BCUT2D eigenvalue weighted by molar-refractivity contribution is 5.45. The van der Waals surface area contributed by atoms with Crippen LogP contribution < -0.4 is 16.2 Å². The highest BCUT2D eigenvalue weighted by Crippen LogP contribution is 2.18. The van der Waals surface area contributed by atoms with Gasteiger partial charge in [-0.15, -0.1) is 0 Å². The van der Waals surface area contributed by atoms with Crippen molar-refractivity contribution in [2.24, 2.45) is 0 Å². The monoisotopic (exact) mass is 272 g/mol. The molecule has 0 atom stereocenters. The molecule has 0 spiro atoms. The normalized spacial score (nSPS) is 10.5. The quantitative estimate of drug-likeness (QED) is 0.815. The molecule has 0 fully saturated rings. The molecule has 0 aliphatic carbocycles. The summed E-state index contributed by atoms with van der Waals surface area (Å²) in [4.78, 5) is 8.12. The molecule has 106 valence electrons. The van der Waals surface area contributed by atoms with E-state index in [1.54, 1.807) is 0 Å². The predicted molar refractivity (Wildman–Crippen MR) is 80.6 cm³/mol. The minimum absolute atomic E-state index is 0.222. The number of ether oxygens (including phenoxy) is 1. The number of aryl methyl sites for hydroxylation is 2. The van der Waals surface area contributed by atoms with Gasteiger partial charge in [0.05, 0.1) is 6.61 Å². The number of nitrogen functional groups attached to an aromatic ring is 2. The van der Waals surface area contributed by atoms with Crippen LogP contribution in [-0.2, 0) is 6.42 Å². The van der Waals surface area contributed by atoms with E-state index in [9.17, 15) is 0 Å². The van der Waals surface area contributed by atoms with Crippen LogP contribution in [0.2, 0.25) is 0 Å². The summed E-state index contributed by atoms with van der Waals surface area (Å²) < 4.78 is 5.76. The molecule has 20 heavy (non-hydrogen) atoms. The van der Waals surface area contributed by atoms with Crippen molar-refractivity contribution in [1.82, 2.24) is 9.97 Å². The zero-order valence-corrected chi connectivity index (χ0v) is 11.9. The van der Waals surface area contributed by atoms with Gasteiger partial charge in [0.25, 0.3) is 0 Å². The predicted octanol–water partition coefficient (Wildman–Crippen LogP) is 2.27. The van der Waals surface area contributed by atoms with Crippen molar-refractivity contribution < 1.29 is 4.74 Å². The zero-order chi connectivity index (χ0) is 14.5. The Balaban J connectivity index is 1.90. The molecule has 1 aromatic heterocycles. The van der Waals surface area contributed by atoms with Gasteiger partial charge >= 0.3 is 0 Å². The van der Waals surface area contributed by atoms with Crippen LogP contribution in [0.25, 0.3) is 0 Å². The Morgan fingerprint density at radius 2 is 1.85 bits per heavy atom. The molecule has 2 rings (SSSR count). The van der Waals surface area contributed by atoms with Crippen molar-refractivity contribution in [2.45, 2.75) is 26.7 Å². The van der Waals surface area contributed by atoms with E-state index in [4.69, 9.17) is 16.2 Å². The summed E-state index contributed by atoms with van der Waals surface area (Å²) in [5.41, 5.74) is 14.3. The topological polar surface area (TPSA) is 87.0 Å². The van der Waals surface area contributed by atoms with E-state index >= 15 is 0 Å². The maximum absolute atomic E-state index is 5.87. The number of rotatable bonds is 5. The first-order valence-corrected chi connectivity index (χ1v) is 6.65. The second-order valence-electron chi connectivity index (χ2n) is 4.75. The standard InChI is InChI=1S/C15H20N4O/c1-10-6-3-4-8-13(10)20-9-5-7-12-11(2)18-15(17)19-14(12)16/h3-4,6,8H,5,7,9H2,1-2H3,(H4,16,17,18,19). The van der Waals surface area contributed by atoms with E-state index in [0.29, 0.717) is 12.4 Å². The highest BCUT2D eigenvalue weighted by Gasteiger charge is 2.07.